The molecule has 1 atom stereocenters. The summed E-state index contributed by atoms with van der Waals surface area (Å²) >= 11 is 5.98. The van der Waals surface area contributed by atoms with Crippen LogP contribution in [0.3, 0.4) is 0 Å². The summed E-state index contributed by atoms with van der Waals surface area (Å²) in [6, 6.07) is 0. The van der Waals surface area contributed by atoms with E-state index < -0.39 is 0 Å². The van der Waals surface area contributed by atoms with Gasteiger partial charge >= 0.3 is 0 Å². The molecule has 0 fully saturated rings. The smallest absolute Gasteiger partial charge is 0.226 e. The molecule has 80 valence electrons. The summed E-state index contributed by atoms with van der Waals surface area (Å²) in [4.78, 5) is 4.24. The number of hydrogen-bond acceptors (Lipinski definition) is 3. The molecule has 0 N–H and O–H groups in total. The van der Waals surface area contributed by atoms with Gasteiger partial charge in [0.25, 0.3) is 0 Å². The fourth-order valence-electron chi connectivity index (χ4n) is 1.21. The molecule has 0 radical (unpaired) electrons. The van der Waals surface area contributed by atoms with Crippen molar-refractivity contribution in [2.75, 3.05) is 0 Å². The minimum absolute atomic E-state index is 0.112. The predicted molar refractivity (Wildman–Crippen MR) is 56.4 cm³/mol. The third-order valence-corrected chi connectivity index (χ3v) is 2.62. The van der Waals surface area contributed by atoms with Crippen LogP contribution in [0.2, 0.25) is 0 Å². The number of alkyl halides is 1. The first-order chi connectivity index (χ1) is 6.77. The predicted octanol–water partition coefficient (Wildman–Crippen LogP) is 3.49. The Labute approximate surface area is 89.8 Å². The second kappa shape index (κ2) is 6.02. The number of rotatable bonds is 6. The SMILES string of the molecule is CCCCCc1nc(C(Cl)CC)no1. The Morgan fingerprint density at radius 2 is 2.14 bits per heavy atom. The molecular weight excluding hydrogens is 200 g/mol. The van der Waals surface area contributed by atoms with Crippen molar-refractivity contribution in [2.45, 2.75) is 51.3 Å². The van der Waals surface area contributed by atoms with Crippen molar-refractivity contribution < 1.29 is 4.52 Å². The van der Waals surface area contributed by atoms with Crippen molar-refractivity contribution in [2.24, 2.45) is 0 Å². The van der Waals surface area contributed by atoms with Crippen LogP contribution in [-0.2, 0) is 6.42 Å². The Morgan fingerprint density at radius 3 is 2.79 bits per heavy atom. The fraction of sp³-hybridized carbons (Fsp3) is 0.800. The van der Waals surface area contributed by atoms with E-state index in [1.165, 1.54) is 12.8 Å². The summed E-state index contributed by atoms with van der Waals surface area (Å²) < 4.78 is 5.09. The quantitative estimate of drug-likeness (QED) is 0.540. The third kappa shape index (κ3) is 3.29. The Morgan fingerprint density at radius 1 is 1.36 bits per heavy atom. The van der Waals surface area contributed by atoms with Crippen molar-refractivity contribution in [3.63, 3.8) is 0 Å². The zero-order chi connectivity index (χ0) is 10.4. The standard InChI is InChI=1S/C10H17ClN2O/c1-3-5-6-7-9-12-10(13-14-9)8(11)4-2/h8H,3-7H2,1-2H3. The lowest BCUT2D eigenvalue weighted by atomic mass is 10.2. The van der Waals surface area contributed by atoms with E-state index >= 15 is 0 Å². The van der Waals surface area contributed by atoms with Crippen molar-refractivity contribution in [3.8, 4) is 0 Å². The maximum atomic E-state index is 5.98. The molecule has 0 aromatic carbocycles. The Balaban J connectivity index is 2.42. The minimum Gasteiger partial charge on any atom is -0.339 e. The monoisotopic (exact) mass is 216 g/mol. The van der Waals surface area contributed by atoms with Crippen LogP contribution in [-0.4, -0.2) is 10.1 Å². The van der Waals surface area contributed by atoms with Gasteiger partial charge in [0.2, 0.25) is 5.89 Å². The first-order valence-corrected chi connectivity index (χ1v) is 5.68. The molecule has 1 aromatic rings. The maximum absolute atomic E-state index is 5.98. The summed E-state index contributed by atoms with van der Waals surface area (Å²) in [5.74, 6) is 1.34. The van der Waals surface area contributed by atoms with E-state index in [1.807, 2.05) is 6.92 Å². The average molecular weight is 217 g/mol. The molecule has 14 heavy (non-hydrogen) atoms. The summed E-state index contributed by atoms with van der Waals surface area (Å²) in [6.07, 6.45) is 5.21. The number of hydrogen-bond donors (Lipinski definition) is 0. The van der Waals surface area contributed by atoms with Gasteiger partial charge in [-0.2, -0.15) is 4.98 Å². The van der Waals surface area contributed by atoms with Crippen LogP contribution in [0.15, 0.2) is 4.52 Å². The molecule has 1 aromatic heterocycles. The fourth-order valence-corrected chi connectivity index (χ4v) is 1.29. The van der Waals surface area contributed by atoms with Gasteiger partial charge in [0.1, 0.15) is 0 Å². The highest BCUT2D eigenvalue weighted by Gasteiger charge is 2.13. The molecule has 0 spiro atoms. The first-order valence-electron chi connectivity index (χ1n) is 5.24. The minimum atomic E-state index is -0.112. The van der Waals surface area contributed by atoms with Gasteiger partial charge in [0.15, 0.2) is 5.82 Å². The van der Waals surface area contributed by atoms with Crippen LogP contribution in [0.1, 0.15) is 56.6 Å². The zero-order valence-corrected chi connectivity index (χ0v) is 9.55. The molecule has 1 unspecified atom stereocenters. The number of nitrogens with zero attached hydrogens (tertiary/aromatic N) is 2. The highest BCUT2D eigenvalue weighted by atomic mass is 35.5. The molecule has 4 heteroatoms. The summed E-state index contributed by atoms with van der Waals surface area (Å²) in [7, 11) is 0. The van der Waals surface area contributed by atoms with Crippen LogP contribution in [0.5, 0.6) is 0 Å². The van der Waals surface area contributed by atoms with Gasteiger partial charge in [-0.1, -0.05) is 31.8 Å². The molecule has 0 saturated carbocycles. The second-order valence-corrected chi connectivity index (χ2v) is 3.91. The van der Waals surface area contributed by atoms with Gasteiger partial charge < -0.3 is 4.52 Å². The molecule has 0 amide bonds. The van der Waals surface area contributed by atoms with E-state index in [2.05, 4.69) is 17.1 Å². The zero-order valence-electron chi connectivity index (χ0n) is 8.79. The van der Waals surface area contributed by atoms with Gasteiger partial charge in [0.05, 0.1) is 5.38 Å². The van der Waals surface area contributed by atoms with Crippen LogP contribution >= 0.6 is 11.6 Å². The normalized spacial score (nSPS) is 13.1. The Hall–Kier alpha value is -0.570. The highest BCUT2D eigenvalue weighted by molar-refractivity contribution is 6.20. The summed E-state index contributed by atoms with van der Waals surface area (Å²) in [6.45, 7) is 4.18. The molecule has 3 nitrogen and oxygen atoms in total. The number of aromatic nitrogens is 2. The molecular formula is C10H17ClN2O. The van der Waals surface area contributed by atoms with Crippen molar-refractivity contribution in [3.05, 3.63) is 11.7 Å². The first kappa shape index (κ1) is 11.5. The average Bonchev–Trinajstić information content (AvgIpc) is 2.66. The van der Waals surface area contributed by atoms with E-state index in [1.54, 1.807) is 0 Å². The van der Waals surface area contributed by atoms with Crippen LogP contribution in [0.4, 0.5) is 0 Å². The summed E-state index contributed by atoms with van der Waals surface area (Å²) in [5.41, 5.74) is 0. The van der Waals surface area contributed by atoms with Crippen LogP contribution in [0.25, 0.3) is 0 Å². The lowest BCUT2D eigenvalue weighted by Gasteiger charge is -1.96. The molecule has 0 saturated heterocycles. The van der Waals surface area contributed by atoms with Crippen molar-refractivity contribution in [1.29, 1.82) is 0 Å². The third-order valence-electron chi connectivity index (χ3n) is 2.12. The molecule has 0 aliphatic heterocycles. The van der Waals surface area contributed by atoms with Crippen LogP contribution < -0.4 is 0 Å². The number of unbranched alkanes of at least 4 members (excludes halogenated alkanes) is 2. The lowest BCUT2D eigenvalue weighted by Crippen LogP contribution is -1.92. The molecule has 0 bridgehead atoms. The molecule has 0 aliphatic rings. The van der Waals surface area contributed by atoms with E-state index in [9.17, 15) is 0 Å². The highest BCUT2D eigenvalue weighted by Crippen LogP contribution is 2.20. The van der Waals surface area contributed by atoms with Gasteiger partial charge in [0, 0.05) is 6.42 Å². The van der Waals surface area contributed by atoms with Gasteiger partial charge in [-0.15, -0.1) is 11.6 Å². The Bertz CT molecular complexity index is 262. The Kier molecular flexibility index (Phi) is 4.94. The van der Waals surface area contributed by atoms with E-state index in [0.29, 0.717) is 11.7 Å². The van der Waals surface area contributed by atoms with Crippen LogP contribution in [0, 0.1) is 0 Å². The van der Waals surface area contributed by atoms with Gasteiger partial charge in [-0.3, -0.25) is 0 Å². The van der Waals surface area contributed by atoms with Gasteiger partial charge in [-0.25, -0.2) is 0 Å². The molecule has 1 rings (SSSR count). The van der Waals surface area contributed by atoms with E-state index in [4.69, 9.17) is 16.1 Å². The largest absolute Gasteiger partial charge is 0.339 e. The van der Waals surface area contributed by atoms with Gasteiger partial charge in [-0.05, 0) is 12.8 Å². The van der Waals surface area contributed by atoms with E-state index in [-0.39, 0.29) is 5.38 Å². The maximum Gasteiger partial charge on any atom is 0.226 e. The topological polar surface area (TPSA) is 38.9 Å². The van der Waals surface area contributed by atoms with Crippen molar-refractivity contribution >= 4 is 11.6 Å². The number of halogens is 1. The molecule has 1 heterocycles. The lowest BCUT2D eigenvalue weighted by molar-refractivity contribution is 0.368. The second-order valence-electron chi connectivity index (χ2n) is 3.38. The summed E-state index contributed by atoms with van der Waals surface area (Å²) in [5, 5.41) is 3.74. The molecule has 0 aliphatic carbocycles. The number of aryl methyl sites for hydroxylation is 1. The van der Waals surface area contributed by atoms with Crippen molar-refractivity contribution in [1.82, 2.24) is 10.1 Å². The van der Waals surface area contributed by atoms with E-state index in [0.717, 1.165) is 19.3 Å².